The van der Waals surface area contributed by atoms with E-state index in [1.54, 1.807) is 35.2 Å². The van der Waals surface area contributed by atoms with Gasteiger partial charge in [-0.3, -0.25) is 9.59 Å². The predicted octanol–water partition coefficient (Wildman–Crippen LogP) is 0.223. The minimum Gasteiger partial charge on any atom is -0.481 e. The molecule has 0 saturated heterocycles. The van der Waals surface area contributed by atoms with Crippen molar-refractivity contribution in [2.24, 2.45) is 12.8 Å². The van der Waals surface area contributed by atoms with Crippen LogP contribution in [0.1, 0.15) is 6.42 Å². The summed E-state index contributed by atoms with van der Waals surface area (Å²) in [7, 11) is 1.83. The summed E-state index contributed by atoms with van der Waals surface area (Å²) >= 11 is 0. The fourth-order valence-electron chi connectivity index (χ4n) is 1.76. The second-order valence-corrected chi connectivity index (χ2v) is 4.54. The molecule has 21 heavy (non-hydrogen) atoms. The van der Waals surface area contributed by atoms with Gasteiger partial charge in [0.15, 0.2) is 5.82 Å². The Morgan fingerprint density at radius 3 is 2.57 bits per heavy atom. The second-order valence-electron chi connectivity index (χ2n) is 4.54. The average Bonchev–Trinajstić information content (AvgIpc) is 2.85. The lowest BCUT2D eigenvalue weighted by molar-refractivity contribution is -0.138. The minimum absolute atomic E-state index is 0.414. The maximum Gasteiger partial charge on any atom is 0.305 e. The van der Waals surface area contributed by atoms with Crippen molar-refractivity contribution in [3.05, 3.63) is 30.6 Å². The monoisotopic (exact) mass is 289 g/mol. The molecule has 1 heterocycles. The Labute approximate surface area is 120 Å². The number of carbonyl (C=O) groups is 2. The first-order valence-electron chi connectivity index (χ1n) is 6.20. The number of carboxylic acids is 1. The largest absolute Gasteiger partial charge is 0.481 e. The van der Waals surface area contributed by atoms with Crippen molar-refractivity contribution in [2.45, 2.75) is 12.5 Å². The van der Waals surface area contributed by atoms with Gasteiger partial charge in [-0.2, -0.15) is 0 Å². The van der Waals surface area contributed by atoms with E-state index in [9.17, 15) is 9.59 Å². The molecule has 0 aliphatic rings. The van der Waals surface area contributed by atoms with Gasteiger partial charge in [0.1, 0.15) is 6.33 Å². The quantitative estimate of drug-likeness (QED) is 0.723. The molecule has 1 unspecified atom stereocenters. The zero-order chi connectivity index (χ0) is 15.4. The van der Waals surface area contributed by atoms with Gasteiger partial charge < -0.3 is 20.7 Å². The number of nitrogens with zero attached hydrogens (tertiary/aromatic N) is 3. The van der Waals surface area contributed by atoms with E-state index in [1.807, 2.05) is 7.05 Å². The fourth-order valence-corrected chi connectivity index (χ4v) is 1.76. The fraction of sp³-hybridized carbons (Fsp3) is 0.231. The lowest BCUT2D eigenvalue weighted by Gasteiger charge is -2.10. The van der Waals surface area contributed by atoms with Crippen LogP contribution in [-0.2, 0) is 16.6 Å². The lowest BCUT2D eigenvalue weighted by Crippen LogP contribution is -2.37. The van der Waals surface area contributed by atoms with Crippen molar-refractivity contribution in [2.75, 3.05) is 5.32 Å². The topological polar surface area (TPSA) is 123 Å². The van der Waals surface area contributed by atoms with Gasteiger partial charge in [-0.05, 0) is 24.3 Å². The molecule has 1 aromatic heterocycles. The number of aryl methyl sites for hydroxylation is 1. The van der Waals surface area contributed by atoms with Crippen LogP contribution in [0.2, 0.25) is 0 Å². The van der Waals surface area contributed by atoms with Gasteiger partial charge in [0.25, 0.3) is 0 Å². The summed E-state index contributed by atoms with van der Waals surface area (Å²) < 4.78 is 1.77. The normalized spacial score (nSPS) is 11.9. The van der Waals surface area contributed by atoms with E-state index in [4.69, 9.17) is 10.8 Å². The van der Waals surface area contributed by atoms with Crippen LogP contribution in [0.3, 0.4) is 0 Å². The first-order chi connectivity index (χ1) is 9.97. The number of carbonyl (C=O) groups excluding carboxylic acids is 1. The third-order valence-electron chi connectivity index (χ3n) is 2.85. The Hall–Kier alpha value is -2.74. The highest BCUT2D eigenvalue weighted by molar-refractivity contribution is 5.96. The third-order valence-corrected chi connectivity index (χ3v) is 2.85. The number of nitrogens with two attached hydrogens (primary N) is 1. The number of hydrogen-bond donors (Lipinski definition) is 3. The van der Waals surface area contributed by atoms with E-state index in [0.29, 0.717) is 11.5 Å². The highest BCUT2D eigenvalue weighted by atomic mass is 16.4. The molecule has 4 N–H and O–H groups in total. The number of rotatable bonds is 5. The average molecular weight is 289 g/mol. The molecule has 8 nitrogen and oxygen atoms in total. The lowest BCUT2D eigenvalue weighted by atomic mass is 10.1. The zero-order valence-electron chi connectivity index (χ0n) is 11.4. The van der Waals surface area contributed by atoms with E-state index >= 15 is 0 Å². The van der Waals surface area contributed by atoms with E-state index in [-0.39, 0.29) is 0 Å². The van der Waals surface area contributed by atoms with E-state index < -0.39 is 24.3 Å². The van der Waals surface area contributed by atoms with Crippen LogP contribution in [-0.4, -0.2) is 37.8 Å². The van der Waals surface area contributed by atoms with Gasteiger partial charge in [0.2, 0.25) is 5.91 Å². The molecule has 8 heteroatoms. The molecule has 0 bridgehead atoms. The number of benzene rings is 1. The van der Waals surface area contributed by atoms with Crippen LogP contribution in [0.4, 0.5) is 5.69 Å². The van der Waals surface area contributed by atoms with Crippen molar-refractivity contribution < 1.29 is 14.7 Å². The molecule has 1 aromatic carbocycles. The van der Waals surface area contributed by atoms with Crippen molar-refractivity contribution in [1.29, 1.82) is 0 Å². The van der Waals surface area contributed by atoms with Crippen LogP contribution < -0.4 is 11.1 Å². The summed E-state index contributed by atoms with van der Waals surface area (Å²) in [6, 6.07) is 5.86. The molecular weight excluding hydrogens is 274 g/mol. The van der Waals surface area contributed by atoms with Crippen molar-refractivity contribution >= 4 is 17.6 Å². The highest BCUT2D eigenvalue weighted by Crippen LogP contribution is 2.18. The summed E-state index contributed by atoms with van der Waals surface area (Å²) in [5, 5.41) is 18.9. The van der Waals surface area contributed by atoms with Crippen LogP contribution in [0.5, 0.6) is 0 Å². The number of anilines is 1. The van der Waals surface area contributed by atoms with E-state index in [2.05, 4.69) is 15.5 Å². The molecule has 1 atom stereocenters. The summed E-state index contributed by atoms with van der Waals surface area (Å²) in [6.45, 7) is 0. The molecular formula is C13H15N5O3. The van der Waals surface area contributed by atoms with E-state index in [1.165, 1.54) is 0 Å². The predicted molar refractivity (Wildman–Crippen MR) is 75.3 cm³/mol. The Kier molecular flexibility index (Phi) is 4.29. The first-order valence-corrected chi connectivity index (χ1v) is 6.20. The molecule has 2 rings (SSSR count). The van der Waals surface area contributed by atoms with Gasteiger partial charge in [-0.15, -0.1) is 10.2 Å². The number of aliphatic carboxylic acids is 1. The number of amides is 1. The van der Waals surface area contributed by atoms with Gasteiger partial charge in [-0.1, -0.05) is 0 Å². The van der Waals surface area contributed by atoms with E-state index in [0.717, 1.165) is 5.56 Å². The van der Waals surface area contributed by atoms with Gasteiger partial charge in [0.05, 0.1) is 12.5 Å². The number of hydrogen-bond acceptors (Lipinski definition) is 5. The summed E-state index contributed by atoms with van der Waals surface area (Å²) in [5.74, 6) is -0.949. The molecule has 110 valence electrons. The Morgan fingerprint density at radius 2 is 2.05 bits per heavy atom. The number of aromatic nitrogens is 3. The molecule has 0 fully saturated rings. The van der Waals surface area contributed by atoms with Crippen molar-refractivity contribution in [1.82, 2.24) is 14.8 Å². The molecule has 0 spiro atoms. The zero-order valence-corrected chi connectivity index (χ0v) is 11.4. The minimum atomic E-state index is -1.12. The summed E-state index contributed by atoms with van der Waals surface area (Å²) in [6.07, 6.45) is 1.18. The SMILES string of the molecule is Cn1cnnc1-c1ccc(NC(=O)C(N)CC(=O)O)cc1. The van der Waals surface area contributed by atoms with Crippen LogP contribution >= 0.6 is 0 Å². The standard InChI is InChI=1S/C13H15N5O3/c1-18-7-15-17-12(18)8-2-4-9(5-3-8)16-13(21)10(14)6-11(19)20/h2-5,7,10H,6,14H2,1H3,(H,16,21)(H,19,20). The smallest absolute Gasteiger partial charge is 0.305 e. The van der Waals surface area contributed by atoms with Crippen LogP contribution in [0.25, 0.3) is 11.4 Å². The van der Waals surface area contributed by atoms with Crippen molar-refractivity contribution in [3.8, 4) is 11.4 Å². The van der Waals surface area contributed by atoms with Gasteiger partial charge in [0, 0.05) is 18.3 Å². The highest BCUT2D eigenvalue weighted by Gasteiger charge is 2.17. The number of nitrogens with one attached hydrogen (secondary N) is 1. The van der Waals surface area contributed by atoms with Crippen LogP contribution in [0.15, 0.2) is 30.6 Å². The molecule has 2 aromatic rings. The number of carboxylic acid groups (broad SMARTS) is 1. The molecule has 0 aliphatic carbocycles. The molecule has 0 radical (unpaired) electrons. The maximum atomic E-state index is 11.7. The molecule has 0 saturated carbocycles. The second kappa shape index (κ2) is 6.14. The third kappa shape index (κ3) is 3.63. The maximum absolute atomic E-state index is 11.7. The Morgan fingerprint density at radius 1 is 1.38 bits per heavy atom. The molecule has 0 aliphatic heterocycles. The summed E-state index contributed by atoms with van der Waals surface area (Å²) in [4.78, 5) is 22.2. The molecule has 1 amide bonds. The van der Waals surface area contributed by atoms with Crippen molar-refractivity contribution in [3.63, 3.8) is 0 Å². The van der Waals surface area contributed by atoms with Gasteiger partial charge in [-0.25, -0.2) is 0 Å². The Balaban J connectivity index is 2.04. The Bertz CT molecular complexity index is 650. The summed E-state index contributed by atoms with van der Waals surface area (Å²) in [5.41, 5.74) is 6.86. The van der Waals surface area contributed by atoms with Gasteiger partial charge >= 0.3 is 5.97 Å². The first kappa shape index (κ1) is 14.7. The van der Waals surface area contributed by atoms with Crippen LogP contribution in [0, 0.1) is 0 Å².